The summed E-state index contributed by atoms with van der Waals surface area (Å²) in [5, 5.41) is 6.60. The van der Waals surface area contributed by atoms with E-state index in [4.69, 9.17) is 9.47 Å². The third kappa shape index (κ3) is 9.16. The highest BCUT2D eigenvalue weighted by molar-refractivity contribution is 14.0. The lowest BCUT2D eigenvalue weighted by Gasteiger charge is -2.18. The maximum atomic E-state index is 11.8. The number of rotatable bonds is 9. The van der Waals surface area contributed by atoms with Crippen LogP contribution >= 0.6 is 24.0 Å². The quantitative estimate of drug-likeness (QED) is 0.315. The molecule has 1 unspecified atom stereocenters. The van der Waals surface area contributed by atoms with Crippen molar-refractivity contribution in [3.63, 3.8) is 0 Å². The number of aliphatic imine (C=N–C) groups is 1. The number of guanidine groups is 1. The maximum Gasteiger partial charge on any atom is 0.243 e. The zero-order valence-corrected chi connectivity index (χ0v) is 19.5. The Balaban J connectivity index is 0.00000676. The molecule has 8 heteroatoms. The van der Waals surface area contributed by atoms with Crippen molar-refractivity contribution in [3.05, 3.63) is 23.8 Å². The van der Waals surface area contributed by atoms with Crippen LogP contribution in [0.25, 0.3) is 0 Å². The van der Waals surface area contributed by atoms with Crippen molar-refractivity contribution in [3.8, 4) is 11.5 Å². The van der Waals surface area contributed by atoms with Gasteiger partial charge in [0.15, 0.2) is 17.5 Å². The third-order valence-electron chi connectivity index (χ3n) is 4.02. The number of methoxy groups -OCH3 is 2. The van der Waals surface area contributed by atoms with Crippen LogP contribution in [0.4, 0.5) is 0 Å². The van der Waals surface area contributed by atoms with Crippen molar-refractivity contribution in [2.24, 2.45) is 4.99 Å². The Morgan fingerprint density at radius 1 is 1.22 bits per heavy atom. The normalized spacial score (nSPS) is 11.9. The molecule has 154 valence electrons. The zero-order valence-electron chi connectivity index (χ0n) is 17.2. The highest BCUT2D eigenvalue weighted by Crippen LogP contribution is 2.27. The molecule has 0 aromatic heterocycles. The van der Waals surface area contributed by atoms with Gasteiger partial charge in [-0.2, -0.15) is 0 Å². The van der Waals surface area contributed by atoms with E-state index in [-0.39, 0.29) is 42.5 Å². The fraction of sp³-hybridized carbons (Fsp3) is 0.579. The van der Waals surface area contributed by atoms with Crippen LogP contribution < -0.4 is 20.1 Å². The van der Waals surface area contributed by atoms with Gasteiger partial charge >= 0.3 is 0 Å². The standard InChI is InChI=1S/C19H32N4O3.HI/c1-7-14(2)22-19(21-13-18(24)23(3)4)20-11-10-15-8-9-16(25-5)17(12-15)26-6;/h8-9,12,14H,7,10-11,13H2,1-6H3,(H2,20,21,22);1H. The lowest BCUT2D eigenvalue weighted by molar-refractivity contribution is -0.127. The van der Waals surface area contributed by atoms with Gasteiger partial charge in [0, 0.05) is 26.7 Å². The first-order valence-electron chi connectivity index (χ1n) is 8.87. The van der Waals surface area contributed by atoms with E-state index < -0.39 is 0 Å². The van der Waals surface area contributed by atoms with Crippen molar-refractivity contribution in [1.82, 2.24) is 15.5 Å². The summed E-state index contributed by atoms with van der Waals surface area (Å²) in [7, 11) is 6.70. The minimum absolute atomic E-state index is 0. The first-order chi connectivity index (χ1) is 12.4. The molecule has 0 aliphatic rings. The molecule has 0 saturated heterocycles. The molecule has 0 radical (unpaired) electrons. The molecule has 0 fully saturated rings. The molecule has 1 atom stereocenters. The van der Waals surface area contributed by atoms with E-state index in [0.717, 1.165) is 18.4 Å². The molecule has 2 N–H and O–H groups in total. The Labute approximate surface area is 179 Å². The fourth-order valence-corrected chi connectivity index (χ4v) is 2.14. The molecular formula is C19H33IN4O3. The van der Waals surface area contributed by atoms with E-state index in [1.807, 2.05) is 18.2 Å². The Bertz CT molecular complexity index is 609. The number of hydrogen-bond acceptors (Lipinski definition) is 4. The van der Waals surface area contributed by atoms with Crippen LogP contribution in [0.15, 0.2) is 23.2 Å². The summed E-state index contributed by atoms with van der Waals surface area (Å²) < 4.78 is 10.6. The highest BCUT2D eigenvalue weighted by Gasteiger charge is 2.08. The van der Waals surface area contributed by atoms with Crippen molar-refractivity contribution in [2.45, 2.75) is 32.7 Å². The topological polar surface area (TPSA) is 75.2 Å². The molecule has 0 spiro atoms. The number of nitrogens with one attached hydrogen (secondary N) is 2. The lowest BCUT2D eigenvalue weighted by atomic mass is 10.1. The number of hydrogen-bond donors (Lipinski definition) is 2. The van der Waals surface area contributed by atoms with Crippen molar-refractivity contribution in [2.75, 3.05) is 41.4 Å². The van der Waals surface area contributed by atoms with Crippen molar-refractivity contribution >= 4 is 35.8 Å². The number of carbonyl (C=O) groups excluding carboxylic acids is 1. The van der Waals surface area contributed by atoms with E-state index in [1.54, 1.807) is 28.3 Å². The Kier molecular flexibility index (Phi) is 12.6. The summed E-state index contributed by atoms with van der Waals surface area (Å²) in [5.74, 6) is 2.05. The number of ether oxygens (including phenoxy) is 2. The number of carbonyl (C=O) groups is 1. The van der Waals surface area contributed by atoms with Gasteiger partial charge in [0.1, 0.15) is 6.54 Å². The number of halogens is 1. The second kappa shape index (κ2) is 13.5. The van der Waals surface area contributed by atoms with Crippen molar-refractivity contribution in [1.29, 1.82) is 0 Å². The average Bonchev–Trinajstić information content (AvgIpc) is 2.64. The molecule has 27 heavy (non-hydrogen) atoms. The predicted molar refractivity (Wildman–Crippen MR) is 121 cm³/mol. The highest BCUT2D eigenvalue weighted by atomic mass is 127. The second-order valence-electron chi connectivity index (χ2n) is 6.27. The molecule has 0 saturated carbocycles. The molecule has 0 heterocycles. The van der Waals surface area contributed by atoms with E-state index in [0.29, 0.717) is 24.0 Å². The van der Waals surface area contributed by atoms with Crippen LogP contribution in [-0.4, -0.2) is 64.2 Å². The molecule has 7 nitrogen and oxygen atoms in total. The number of likely N-dealkylation sites (N-methyl/N-ethyl adjacent to an activating group) is 1. The smallest absolute Gasteiger partial charge is 0.243 e. The first kappa shape index (κ1) is 25.3. The first-order valence-corrected chi connectivity index (χ1v) is 8.87. The van der Waals surface area contributed by atoms with E-state index >= 15 is 0 Å². The minimum atomic E-state index is -0.0323. The molecule has 0 aliphatic carbocycles. The fourth-order valence-electron chi connectivity index (χ4n) is 2.14. The molecule has 0 bridgehead atoms. The summed E-state index contributed by atoms with van der Waals surface area (Å²) >= 11 is 0. The second-order valence-corrected chi connectivity index (χ2v) is 6.27. The monoisotopic (exact) mass is 492 g/mol. The lowest BCUT2D eigenvalue weighted by Crippen LogP contribution is -2.43. The Hall–Kier alpha value is -1.71. The van der Waals surface area contributed by atoms with E-state index in [9.17, 15) is 4.79 Å². The van der Waals surface area contributed by atoms with Gasteiger partial charge in [0.2, 0.25) is 5.91 Å². The van der Waals surface area contributed by atoms with Gasteiger partial charge in [0.25, 0.3) is 0 Å². The van der Waals surface area contributed by atoms with E-state index in [2.05, 4.69) is 29.5 Å². The third-order valence-corrected chi connectivity index (χ3v) is 4.02. The van der Waals surface area contributed by atoms with Crippen LogP contribution in [0.3, 0.4) is 0 Å². The van der Waals surface area contributed by atoms with Crippen LogP contribution in [0.2, 0.25) is 0 Å². The van der Waals surface area contributed by atoms with Gasteiger partial charge in [0.05, 0.1) is 14.2 Å². The summed E-state index contributed by atoms with van der Waals surface area (Å²) in [4.78, 5) is 17.7. The largest absolute Gasteiger partial charge is 0.493 e. The number of amides is 1. The Morgan fingerprint density at radius 2 is 1.89 bits per heavy atom. The summed E-state index contributed by atoms with van der Waals surface area (Å²) in [6.45, 7) is 4.99. The summed E-state index contributed by atoms with van der Waals surface area (Å²) in [6, 6.07) is 6.15. The van der Waals surface area contributed by atoms with Crippen molar-refractivity contribution < 1.29 is 14.3 Å². The van der Waals surface area contributed by atoms with Gasteiger partial charge in [-0.15, -0.1) is 24.0 Å². The SMILES string of the molecule is CCC(C)NC(=NCC(=O)N(C)C)NCCc1ccc(OC)c(OC)c1.I. The van der Waals surface area contributed by atoms with Gasteiger partial charge in [-0.1, -0.05) is 13.0 Å². The molecule has 1 aromatic carbocycles. The van der Waals surface area contributed by atoms with Crippen LogP contribution in [0.1, 0.15) is 25.8 Å². The molecule has 1 amide bonds. The van der Waals surface area contributed by atoms with Crippen LogP contribution in [0, 0.1) is 0 Å². The minimum Gasteiger partial charge on any atom is -0.493 e. The van der Waals surface area contributed by atoms with Gasteiger partial charge in [-0.3, -0.25) is 4.79 Å². The Morgan fingerprint density at radius 3 is 2.44 bits per heavy atom. The molecule has 0 aliphatic heterocycles. The predicted octanol–water partition coefficient (Wildman–Crippen LogP) is 2.29. The van der Waals surface area contributed by atoms with Crippen LogP contribution in [-0.2, 0) is 11.2 Å². The van der Waals surface area contributed by atoms with Gasteiger partial charge in [-0.25, -0.2) is 4.99 Å². The van der Waals surface area contributed by atoms with Crippen LogP contribution in [0.5, 0.6) is 11.5 Å². The number of benzene rings is 1. The summed E-state index contributed by atoms with van der Waals surface area (Å²) in [5.41, 5.74) is 1.13. The zero-order chi connectivity index (χ0) is 19.5. The average molecular weight is 492 g/mol. The summed E-state index contributed by atoms with van der Waals surface area (Å²) in [6.07, 6.45) is 1.77. The van der Waals surface area contributed by atoms with Gasteiger partial charge < -0.3 is 25.0 Å². The van der Waals surface area contributed by atoms with Gasteiger partial charge in [-0.05, 0) is 37.5 Å². The molecule has 1 aromatic rings. The maximum absolute atomic E-state index is 11.8. The molecule has 1 rings (SSSR count). The number of nitrogens with zero attached hydrogens (tertiary/aromatic N) is 2. The molecular weight excluding hydrogens is 459 g/mol. The van der Waals surface area contributed by atoms with E-state index in [1.165, 1.54) is 4.90 Å².